The van der Waals surface area contributed by atoms with Crippen LogP contribution in [0.1, 0.15) is 84.5 Å². The Morgan fingerprint density at radius 1 is 1.24 bits per heavy atom. The summed E-state index contributed by atoms with van der Waals surface area (Å²) >= 11 is 0. The Morgan fingerprint density at radius 3 is 2.86 bits per heavy atom. The summed E-state index contributed by atoms with van der Waals surface area (Å²) in [6.07, 6.45) is 11.7. The van der Waals surface area contributed by atoms with Crippen molar-refractivity contribution in [2.24, 2.45) is 35.0 Å². The number of fused-ring (bicyclic) bond motifs is 2. The van der Waals surface area contributed by atoms with Crippen molar-refractivity contribution in [1.29, 1.82) is 0 Å². The van der Waals surface area contributed by atoms with Crippen LogP contribution in [0.5, 0.6) is 0 Å². The molecule has 37 heavy (non-hydrogen) atoms. The van der Waals surface area contributed by atoms with Gasteiger partial charge in [-0.3, -0.25) is 4.79 Å². The topological polar surface area (TPSA) is 77.2 Å². The Hall–Kier alpha value is -1.86. The molecule has 0 radical (unpaired) electrons. The van der Waals surface area contributed by atoms with E-state index in [1.165, 1.54) is 37.8 Å². The maximum absolute atomic E-state index is 13.8. The van der Waals surface area contributed by atoms with Crippen LogP contribution >= 0.6 is 0 Å². The van der Waals surface area contributed by atoms with Gasteiger partial charge in [-0.25, -0.2) is 9.07 Å². The molecule has 204 valence electrons. The average Bonchev–Trinajstić information content (AvgIpc) is 3.50. The lowest BCUT2D eigenvalue weighted by Gasteiger charge is -2.59. The van der Waals surface area contributed by atoms with Crippen LogP contribution in [0.3, 0.4) is 0 Å². The Morgan fingerprint density at radius 2 is 2.08 bits per heavy atom. The first kappa shape index (κ1) is 26.7. The molecule has 0 saturated heterocycles. The molecule has 7 atom stereocenters. The fraction of sp³-hybridized carbons (Fsp3) is 0.767. The Balaban J connectivity index is 1.32. The van der Waals surface area contributed by atoms with Crippen LogP contribution in [0.2, 0.25) is 0 Å². The summed E-state index contributed by atoms with van der Waals surface area (Å²) in [5.41, 5.74) is 0.768. The molecule has 0 unspecified atom stereocenters. The molecule has 3 aliphatic carbocycles. The highest BCUT2D eigenvalue weighted by Crippen LogP contribution is 2.61. The molecule has 3 aliphatic rings. The number of Topliss-reactive ketones (excluding diaryl/α,β-unsaturated/α-hetero) is 1. The molecule has 3 saturated carbocycles. The van der Waals surface area contributed by atoms with Crippen LogP contribution in [-0.4, -0.2) is 45.2 Å². The highest BCUT2D eigenvalue weighted by Gasteiger charge is 2.56. The fourth-order valence-corrected chi connectivity index (χ4v) is 8.53. The average molecular weight is 514 g/mol. The van der Waals surface area contributed by atoms with Crippen LogP contribution in [0, 0.1) is 40.8 Å². The minimum atomic E-state index is -0.566. The van der Waals surface area contributed by atoms with Crippen molar-refractivity contribution >= 4 is 16.8 Å². The van der Waals surface area contributed by atoms with Crippen LogP contribution in [-0.2, 0) is 16.1 Å². The van der Waals surface area contributed by atoms with Crippen molar-refractivity contribution in [1.82, 2.24) is 15.0 Å². The van der Waals surface area contributed by atoms with Crippen LogP contribution < -0.4 is 0 Å². The van der Waals surface area contributed by atoms with Crippen molar-refractivity contribution in [3.8, 4) is 0 Å². The molecular weight excluding hydrogens is 469 g/mol. The van der Waals surface area contributed by atoms with Gasteiger partial charge in [-0.05, 0) is 106 Å². The number of carbonyl (C=O) groups is 1. The summed E-state index contributed by atoms with van der Waals surface area (Å²) in [5, 5.41) is 19.1. The van der Waals surface area contributed by atoms with Crippen molar-refractivity contribution < 1.29 is 19.0 Å². The second kappa shape index (κ2) is 10.7. The minimum Gasteiger partial charge on any atom is -0.390 e. The van der Waals surface area contributed by atoms with E-state index in [0.717, 1.165) is 51.6 Å². The van der Waals surface area contributed by atoms with E-state index in [0.29, 0.717) is 34.7 Å². The number of hydrogen-bond donors (Lipinski definition) is 1. The summed E-state index contributed by atoms with van der Waals surface area (Å²) in [7, 11) is 1.84. The summed E-state index contributed by atoms with van der Waals surface area (Å²) < 4.78 is 21.3. The summed E-state index contributed by atoms with van der Waals surface area (Å²) in [6, 6.07) is 4.39. The van der Waals surface area contributed by atoms with Crippen LogP contribution in [0.4, 0.5) is 4.39 Å². The molecule has 2 aromatic rings. The fourth-order valence-electron chi connectivity index (χ4n) is 8.53. The minimum absolute atomic E-state index is 0.0350. The van der Waals surface area contributed by atoms with Gasteiger partial charge in [-0.2, -0.15) is 0 Å². The number of carbonyl (C=O) groups excluding carboxylic acids is 1. The zero-order valence-corrected chi connectivity index (χ0v) is 22.8. The van der Waals surface area contributed by atoms with Crippen molar-refractivity contribution in [3.05, 3.63) is 24.0 Å². The zero-order chi connectivity index (χ0) is 26.2. The first-order chi connectivity index (χ1) is 17.8. The summed E-state index contributed by atoms with van der Waals surface area (Å²) in [6.45, 7) is 5.22. The molecule has 1 N–H and O–H groups in total. The Labute approximate surface area is 220 Å². The maximum atomic E-state index is 13.8. The first-order valence-corrected chi connectivity index (χ1v) is 14.5. The van der Waals surface area contributed by atoms with Crippen LogP contribution in [0.15, 0.2) is 18.2 Å². The number of benzene rings is 1. The van der Waals surface area contributed by atoms with Gasteiger partial charge >= 0.3 is 0 Å². The van der Waals surface area contributed by atoms with E-state index in [1.807, 2.05) is 14.0 Å². The smallest absolute Gasteiger partial charge is 0.157 e. The highest BCUT2D eigenvalue weighted by atomic mass is 19.1. The standard InChI is InChI=1S/C30H44FN3O3/c1-4-5-6-25-24(11-9-22-17-29(2,36)13-14-30(22,25)19-37-3)20-7-8-21(15-20)28(35)18-34-27-16-23(31)10-12-26(27)32-33-34/h10,12,16,20-22,24-25,36H,4-9,11,13-15,17-19H2,1-3H3/t20-,21+,22-,24+,25+,29-,30-/m1/s1. The molecule has 1 aromatic carbocycles. The first-order valence-electron chi connectivity index (χ1n) is 14.5. The van der Waals surface area contributed by atoms with Gasteiger partial charge in [0.15, 0.2) is 5.78 Å². The van der Waals surface area contributed by atoms with Gasteiger partial charge < -0.3 is 9.84 Å². The zero-order valence-electron chi connectivity index (χ0n) is 22.8. The van der Waals surface area contributed by atoms with E-state index < -0.39 is 5.60 Å². The molecule has 7 heteroatoms. The number of halogens is 1. The third-order valence-corrected chi connectivity index (χ3v) is 10.3. The maximum Gasteiger partial charge on any atom is 0.157 e. The third kappa shape index (κ3) is 5.23. The number of nitrogens with zero attached hydrogens (tertiary/aromatic N) is 3. The number of aliphatic hydroxyl groups is 1. The third-order valence-electron chi connectivity index (χ3n) is 10.3. The molecule has 5 rings (SSSR count). The van der Waals surface area contributed by atoms with E-state index in [2.05, 4.69) is 17.2 Å². The normalized spacial score (nSPS) is 36.1. The SMILES string of the molecule is CCCC[C@H]1[C@H]([C@@H]2CC[C@H](C(=O)Cn3nnc4ccc(F)cc43)C2)CC[C@@H]2C[C@](C)(O)CC[C@@]21COC. The number of aromatic nitrogens is 3. The van der Waals surface area contributed by atoms with E-state index >= 15 is 0 Å². The van der Waals surface area contributed by atoms with Gasteiger partial charge in [0.25, 0.3) is 0 Å². The predicted molar refractivity (Wildman–Crippen MR) is 141 cm³/mol. The number of hydrogen-bond acceptors (Lipinski definition) is 5. The second-order valence-corrected chi connectivity index (χ2v) is 12.7. The predicted octanol–water partition coefficient (Wildman–Crippen LogP) is 5.96. The summed E-state index contributed by atoms with van der Waals surface area (Å²) in [5.74, 6) is 2.15. The lowest BCUT2D eigenvalue weighted by atomic mass is 9.47. The molecule has 0 amide bonds. The lowest BCUT2D eigenvalue weighted by molar-refractivity contribution is -0.152. The van der Waals surface area contributed by atoms with Crippen molar-refractivity contribution in [2.75, 3.05) is 13.7 Å². The van der Waals surface area contributed by atoms with Crippen LogP contribution in [0.25, 0.3) is 11.0 Å². The second-order valence-electron chi connectivity index (χ2n) is 12.7. The van der Waals surface area contributed by atoms with Gasteiger partial charge in [-0.15, -0.1) is 5.10 Å². The molecule has 3 fully saturated rings. The molecule has 6 nitrogen and oxygen atoms in total. The van der Waals surface area contributed by atoms with Gasteiger partial charge in [0.05, 0.1) is 17.7 Å². The number of unbranched alkanes of at least 4 members (excludes halogenated alkanes) is 1. The van der Waals surface area contributed by atoms with Gasteiger partial charge in [0.1, 0.15) is 17.9 Å². The Bertz CT molecular complexity index is 1100. The molecular formula is C30H44FN3O3. The van der Waals surface area contributed by atoms with Gasteiger partial charge in [0, 0.05) is 19.1 Å². The highest BCUT2D eigenvalue weighted by molar-refractivity contribution is 5.83. The number of methoxy groups -OCH3 is 1. The van der Waals surface area contributed by atoms with Gasteiger partial charge in [0.2, 0.25) is 0 Å². The quantitative estimate of drug-likeness (QED) is 0.448. The molecule has 0 bridgehead atoms. The molecule has 0 aliphatic heterocycles. The van der Waals surface area contributed by atoms with E-state index in [-0.39, 0.29) is 29.5 Å². The largest absolute Gasteiger partial charge is 0.390 e. The van der Waals surface area contributed by atoms with E-state index in [9.17, 15) is 14.3 Å². The number of ether oxygens (including phenoxy) is 1. The van der Waals surface area contributed by atoms with E-state index in [1.54, 1.807) is 10.7 Å². The number of ketones is 1. The lowest BCUT2D eigenvalue weighted by Crippen LogP contribution is -2.55. The van der Waals surface area contributed by atoms with Crippen molar-refractivity contribution in [3.63, 3.8) is 0 Å². The summed E-state index contributed by atoms with van der Waals surface area (Å²) in [4.78, 5) is 13.4. The van der Waals surface area contributed by atoms with E-state index in [4.69, 9.17) is 4.74 Å². The van der Waals surface area contributed by atoms with Crippen molar-refractivity contribution in [2.45, 2.75) is 96.6 Å². The number of rotatable bonds is 9. The monoisotopic (exact) mass is 513 g/mol. The van der Waals surface area contributed by atoms with Gasteiger partial charge in [-0.1, -0.05) is 25.0 Å². The molecule has 1 heterocycles. The Kier molecular flexibility index (Phi) is 7.75. The molecule has 1 aromatic heterocycles. The molecule has 0 spiro atoms.